The van der Waals surface area contributed by atoms with Crippen LogP contribution in [0.15, 0.2) is 0 Å². The molecule has 9 heavy (non-hydrogen) atoms. The summed E-state index contributed by atoms with van der Waals surface area (Å²) in [4.78, 5) is 10.7. The van der Waals surface area contributed by atoms with E-state index in [1.54, 1.807) is 0 Å². The summed E-state index contributed by atoms with van der Waals surface area (Å²) < 4.78 is 0. The molecule has 3 heteroatoms. The molecule has 1 heterocycles. The minimum Gasteiger partial charge on any atom is -0.289 e. The van der Waals surface area contributed by atoms with Gasteiger partial charge in [-0.3, -0.25) is 10.2 Å². The van der Waals surface area contributed by atoms with Crippen LogP contribution in [0.1, 0.15) is 21.7 Å². The molecule has 0 aromatic carbocycles. The average molecular weight is 130 g/mol. The lowest BCUT2D eigenvalue weighted by atomic mass is 10.2. The maximum Gasteiger partial charge on any atom is 0.235 e. The highest BCUT2D eigenvalue weighted by molar-refractivity contribution is 5.77. The van der Waals surface area contributed by atoms with Gasteiger partial charge >= 0.3 is 0 Å². The van der Waals surface area contributed by atoms with Crippen LogP contribution in [0.4, 0.5) is 0 Å². The van der Waals surface area contributed by atoms with E-state index in [1.807, 2.05) is 18.9 Å². The van der Waals surface area contributed by atoms with Gasteiger partial charge < -0.3 is 0 Å². The molecule has 1 N–H and O–H groups in total. The van der Waals surface area contributed by atoms with E-state index in [4.69, 9.17) is 0 Å². The number of amides is 1. The molecular formula is C6H14N2O. The van der Waals surface area contributed by atoms with Gasteiger partial charge in [0, 0.05) is 20.4 Å². The van der Waals surface area contributed by atoms with Crippen LogP contribution < -0.4 is 5.43 Å². The molecule has 0 radical (unpaired) electrons. The van der Waals surface area contributed by atoms with Gasteiger partial charge in [0.15, 0.2) is 0 Å². The van der Waals surface area contributed by atoms with Crippen molar-refractivity contribution in [2.75, 3.05) is 6.54 Å². The molecule has 1 aliphatic heterocycles. The Balaban J connectivity index is 0.000000810. The van der Waals surface area contributed by atoms with Gasteiger partial charge in [-0.2, -0.15) is 0 Å². The third-order valence-corrected chi connectivity index (χ3v) is 1.62. The summed E-state index contributed by atoms with van der Waals surface area (Å²) >= 11 is 0. The summed E-state index contributed by atoms with van der Waals surface area (Å²) in [5.41, 5.74) is 2.75. The third kappa shape index (κ3) is 1.21. The van der Waals surface area contributed by atoms with Crippen molar-refractivity contribution in [1.29, 1.82) is 0 Å². The Morgan fingerprint density at radius 1 is 2.00 bits per heavy atom. The van der Waals surface area contributed by atoms with Crippen LogP contribution in [-0.2, 0) is 4.79 Å². The highest BCUT2D eigenvalue weighted by Crippen LogP contribution is 2.06. The Bertz CT molecular complexity index is 129. The second-order valence-corrected chi connectivity index (χ2v) is 2.37. The average Bonchev–Trinajstić information content (AvgIpc) is 2.10. The van der Waals surface area contributed by atoms with E-state index in [0.29, 0.717) is 12.5 Å². The molecule has 0 bridgehead atoms. The van der Waals surface area contributed by atoms with E-state index < -0.39 is 0 Å². The minimum atomic E-state index is 0. The van der Waals surface area contributed by atoms with Gasteiger partial charge in [0.2, 0.25) is 5.91 Å². The van der Waals surface area contributed by atoms with Crippen molar-refractivity contribution in [3.63, 3.8) is 0 Å². The molecular weight excluding hydrogens is 116 g/mol. The molecule has 1 aliphatic rings. The van der Waals surface area contributed by atoms with E-state index in [-0.39, 0.29) is 7.33 Å². The van der Waals surface area contributed by atoms with Crippen molar-refractivity contribution in [2.45, 2.75) is 26.3 Å². The summed E-state index contributed by atoms with van der Waals surface area (Å²) in [5, 5.41) is 1.95. The lowest BCUT2D eigenvalue weighted by Gasteiger charge is -2.16. The van der Waals surface area contributed by atoms with Gasteiger partial charge in [-0.05, 0) is 6.92 Å². The zero-order chi connectivity index (χ0) is 6.85. The zero-order valence-corrected chi connectivity index (χ0v) is 5.85. The van der Waals surface area contributed by atoms with Gasteiger partial charge in [0.1, 0.15) is 0 Å². The molecule has 0 unspecified atom stereocenters. The van der Waals surface area contributed by atoms with Crippen molar-refractivity contribution >= 4 is 5.91 Å². The molecule has 54 valence electrons. The van der Waals surface area contributed by atoms with E-state index in [2.05, 4.69) is 5.43 Å². The lowest BCUT2D eigenvalue weighted by molar-refractivity contribution is -0.120. The molecule has 1 fully saturated rings. The van der Waals surface area contributed by atoms with Crippen LogP contribution in [0.25, 0.3) is 0 Å². The van der Waals surface area contributed by atoms with Crippen molar-refractivity contribution in [1.82, 2.24) is 10.4 Å². The van der Waals surface area contributed by atoms with E-state index in [0.717, 1.165) is 6.54 Å². The summed E-state index contributed by atoms with van der Waals surface area (Å²) in [7, 11) is 0. The van der Waals surface area contributed by atoms with Gasteiger partial charge in [0.25, 0.3) is 0 Å². The van der Waals surface area contributed by atoms with Crippen molar-refractivity contribution < 1.29 is 6.22 Å². The Morgan fingerprint density at radius 3 is 2.89 bits per heavy atom. The second-order valence-electron chi connectivity index (χ2n) is 2.37. The van der Waals surface area contributed by atoms with E-state index in [1.165, 1.54) is 0 Å². The predicted molar refractivity (Wildman–Crippen MR) is 36.7 cm³/mol. The van der Waals surface area contributed by atoms with Crippen LogP contribution in [0.2, 0.25) is 0 Å². The van der Waals surface area contributed by atoms with Crippen LogP contribution in [-0.4, -0.2) is 23.5 Å². The first-order valence-electron chi connectivity index (χ1n) is 3.30. The van der Waals surface area contributed by atoms with Crippen LogP contribution >= 0.6 is 0 Å². The topological polar surface area (TPSA) is 32.3 Å². The highest BCUT2D eigenvalue weighted by Gasteiger charge is 2.23. The summed E-state index contributed by atoms with van der Waals surface area (Å²) in [6, 6.07) is 0.377. The number of nitrogens with zero attached hydrogens (tertiary/aromatic N) is 1. The number of hydrogen-bond donors (Lipinski definition) is 1. The number of hydrogen-bond acceptors (Lipinski definition) is 2. The maximum absolute atomic E-state index is 10.7. The number of carbonyl (C=O) groups is 1. The lowest BCUT2D eigenvalue weighted by Crippen LogP contribution is -2.36. The van der Waals surface area contributed by atoms with E-state index >= 15 is 0 Å². The number of nitrogens with one attached hydrogen (secondary N) is 1. The molecule has 1 saturated heterocycles. The molecule has 1 rings (SSSR count). The summed E-state index contributed by atoms with van der Waals surface area (Å²) in [6.45, 7) is 4.97. The molecule has 3 nitrogen and oxygen atoms in total. The molecule has 0 aromatic rings. The molecule has 0 spiro atoms. The van der Waals surface area contributed by atoms with Crippen molar-refractivity contribution in [3.05, 3.63) is 0 Å². The number of carbonyl (C=O) groups excluding carboxylic acids is 1. The standard InChI is InChI=1S/C6H12N2O.H2/c1-3-8-5(2)4-6(9)7-8;/h5H,3-4H2,1-2H3,(H,7,9);1H/t5-;/m0./s1. The second kappa shape index (κ2) is 2.35. The fraction of sp³-hybridized carbons (Fsp3) is 0.833. The number of hydrazine groups is 1. The molecule has 1 atom stereocenters. The Labute approximate surface area is 56.5 Å². The first kappa shape index (κ1) is 6.55. The quantitative estimate of drug-likeness (QED) is 0.556. The predicted octanol–water partition coefficient (Wildman–Crippen LogP) is 0.378. The van der Waals surface area contributed by atoms with Crippen molar-refractivity contribution in [2.24, 2.45) is 0 Å². The summed E-state index contributed by atoms with van der Waals surface area (Å²) in [5.74, 6) is 0.143. The van der Waals surface area contributed by atoms with Gasteiger partial charge in [-0.25, -0.2) is 5.01 Å². The molecule has 0 saturated carbocycles. The SMILES string of the molecule is CCN1NC(=O)C[C@@H]1C.[HH]. The normalized spacial score (nSPS) is 28.7. The monoisotopic (exact) mass is 130 g/mol. The van der Waals surface area contributed by atoms with Gasteiger partial charge in [-0.1, -0.05) is 6.92 Å². The minimum absolute atomic E-state index is 0. The fourth-order valence-electron chi connectivity index (χ4n) is 1.09. The van der Waals surface area contributed by atoms with E-state index in [9.17, 15) is 4.79 Å². The smallest absolute Gasteiger partial charge is 0.235 e. The Kier molecular flexibility index (Phi) is 1.71. The first-order valence-corrected chi connectivity index (χ1v) is 3.30. The largest absolute Gasteiger partial charge is 0.289 e. The van der Waals surface area contributed by atoms with Crippen LogP contribution in [0.5, 0.6) is 0 Å². The first-order chi connectivity index (χ1) is 4.24. The maximum atomic E-state index is 10.7. The highest BCUT2D eigenvalue weighted by atomic mass is 16.2. The van der Waals surface area contributed by atoms with Crippen LogP contribution in [0, 0.1) is 0 Å². The van der Waals surface area contributed by atoms with Crippen LogP contribution in [0.3, 0.4) is 0 Å². The Morgan fingerprint density at radius 2 is 2.67 bits per heavy atom. The Hall–Kier alpha value is -0.570. The van der Waals surface area contributed by atoms with Crippen molar-refractivity contribution in [3.8, 4) is 0 Å². The van der Waals surface area contributed by atoms with Gasteiger partial charge in [-0.15, -0.1) is 0 Å². The third-order valence-electron chi connectivity index (χ3n) is 1.62. The number of rotatable bonds is 1. The summed E-state index contributed by atoms with van der Waals surface area (Å²) in [6.07, 6.45) is 0.647. The zero-order valence-electron chi connectivity index (χ0n) is 5.85. The molecule has 0 aliphatic carbocycles. The molecule has 1 amide bonds. The molecule has 0 aromatic heterocycles. The van der Waals surface area contributed by atoms with Gasteiger partial charge in [0.05, 0.1) is 0 Å². The fourth-order valence-corrected chi connectivity index (χ4v) is 1.09.